The van der Waals surface area contributed by atoms with E-state index in [1.807, 2.05) is 0 Å². The second kappa shape index (κ2) is 9.61. The number of rotatable bonds is 9. The zero-order chi connectivity index (χ0) is 21.9. The van der Waals surface area contributed by atoms with Crippen LogP contribution in [0.25, 0.3) is 0 Å². The third kappa shape index (κ3) is 7.74. The van der Waals surface area contributed by atoms with E-state index in [0.717, 1.165) is 29.2 Å². The molecule has 0 heterocycles. The van der Waals surface area contributed by atoms with Gasteiger partial charge in [0.1, 0.15) is 5.75 Å². The van der Waals surface area contributed by atoms with Gasteiger partial charge in [-0.2, -0.15) is 0 Å². The fourth-order valence-electron chi connectivity index (χ4n) is 3.13. The molecule has 1 aromatic rings. The highest BCUT2D eigenvalue weighted by molar-refractivity contribution is 6.70. The molecule has 1 atom stereocenters. The van der Waals surface area contributed by atoms with Crippen LogP contribution < -0.4 is 9.16 Å². The Morgan fingerprint density at radius 2 is 1.61 bits per heavy atom. The number of benzene rings is 1. The van der Waals surface area contributed by atoms with Crippen LogP contribution in [-0.2, 0) is 11.0 Å². The molecular weight excluding hydrogens is 382 g/mol. The molecule has 0 N–H and O–H groups in total. The fraction of sp³-hybridized carbons (Fsp3) is 0.636. The van der Waals surface area contributed by atoms with E-state index < -0.39 is 16.6 Å². The normalized spacial score (nSPS) is 13.5. The first-order valence-corrected chi connectivity index (χ1v) is 16.8. The number of aryl methyl sites for hydroxylation is 1. The monoisotopic (exact) mass is 423 g/mol. The lowest BCUT2D eigenvalue weighted by atomic mass is 9.96. The van der Waals surface area contributed by atoms with Crippen molar-refractivity contribution in [3.8, 4) is 11.5 Å². The maximum Gasteiger partial charge on any atom is 0.242 e. The minimum atomic E-state index is -1.80. The summed E-state index contributed by atoms with van der Waals surface area (Å²) >= 11 is 0. The smallest absolute Gasteiger partial charge is 0.242 e. The molecule has 0 aliphatic heterocycles. The van der Waals surface area contributed by atoms with Gasteiger partial charge >= 0.3 is 0 Å². The third-order valence-electron chi connectivity index (χ3n) is 3.89. The van der Waals surface area contributed by atoms with E-state index in [2.05, 4.69) is 91.2 Å². The third-order valence-corrected chi connectivity index (χ3v) is 5.67. The van der Waals surface area contributed by atoms with Gasteiger partial charge in [-0.05, 0) is 85.3 Å². The Hall–Kier alpha value is -1.09. The van der Waals surface area contributed by atoms with Gasteiger partial charge in [0.05, 0.1) is 13.2 Å². The van der Waals surface area contributed by atoms with E-state index >= 15 is 0 Å². The highest BCUT2D eigenvalue weighted by atomic mass is 28.4. The average molecular weight is 424 g/mol. The summed E-state index contributed by atoms with van der Waals surface area (Å²) in [4.78, 5) is 2.19. The number of hydrogen-bond acceptors (Lipinski definition) is 4. The fourth-order valence-corrected chi connectivity index (χ4v) is 4.94. The van der Waals surface area contributed by atoms with Gasteiger partial charge in [0.15, 0.2) is 14.1 Å². The summed E-state index contributed by atoms with van der Waals surface area (Å²) in [6.07, 6.45) is 2.06. The van der Waals surface area contributed by atoms with Crippen LogP contribution in [0.5, 0.6) is 11.5 Å². The lowest BCUT2D eigenvalue weighted by molar-refractivity contribution is 0.236. The number of methoxy groups -OCH3 is 1. The van der Waals surface area contributed by atoms with Crippen LogP contribution in [0.1, 0.15) is 36.6 Å². The highest BCUT2D eigenvalue weighted by Crippen LogP contribution is 2.44. The quantitative estimate of drug-likeness (QED) is 0.353. The van der Waals surface area contributed by atoms with E-state index in [1.54, 1.807) is 7.11 Å². The van der Waals surface area contributed by atoms with Gasteiger partial charge in [-0.15, -0.1) is 0 Å². The topological polar surface area (TPSA) is 30.9 Å². The average Bonchev–Trinajstić information content (AvgIpc) is 2.44. The number of ether oxygens (including phenoxy) is 1. The summed E-state index contributed by atoms with van der Waals surface area (Å²) in [6.45, 7) is 20.4. The molecular formula is C22H41NO3Si2. The predicted molar refractivity (Wildman–Crippen MR) is 126 cm³/mol. The molecule has 1 rings (SSSR count). The van der Waals surface area contributed by atoms with Crippen molar-refractivity contribution in [3.05, 3.63) is 34.4 Å². The molecule has 1 unspecified atom stereocenters. The zero-order valence-corrected chi connectivity index (χ0v) is 22.1. The molecule has 0 saturated heterocycles. The Morgan fingerprint density at radius 1 is 1.04 bits per heavy atom. The van der Waals surface area contributed by atoms with Crippen molar-refractivity contribution in [2.75, 3.05) is 21.2 Å². The van der Waals surface area contributed by atoms with Crippen molar-refractivity contribution in [2.24, 2.45) is 0 Å². The van der Waals surface area contributed by atoms with Crippen LogP contribution in [0, 0.1) is 6.92 Å². The molecule has 0 radical (unpaired) electrons. The first kappa shape index (κ1) is 25.0. The number of nitrogens with zero attached hydrogens (tertiary/aromatic N) is 1. The minimum Gasteiger partial charge on any atom is -0.542 e. The van der Waals surface area contributed by atoms with Crippen LogP contribution in [0.2, 0.25) is 39.3 Å². The molecule has 0 bridgehead atoms. The highest BCUT2D eigenvalue weighted by Gasteiger charge is 2.30. The molecule has 0 aliphatic carbocycles. The maximum atomic E-state index is 6.64. The van der Waals surface area contributed by atoms with E-state index in [-0.39, 0.29) is 6.10 Å². The molecule has 0 saturated carbocycles. The second-order valence-corrected chi connectivity index (χ2v) is 18.9. The van der Waals surface area contributed by atoms with E-state index in [0.29, 0.717) is 0 Å². The Morgan fingerprint density at radius 3 is 2.00 bits per heavy atom. The summed E-state index contributed by atoms with van der Waals surface area (Å²) < 4.78 is 19.1. The van der Waals surface area contributed by atoms with Crippen molar-refractivity contribution in [2.45, 2.75) is 72.7 Å². The van der Waals surface area contributed by atoms with E-state index in [4.69, 9.17) is 13.6 Å². The Balaban J connectivity index is 3.81. The Labute approximate surface area is 175 Å². The summed E-state index contributed by atoms with van der Waals surface area (Å²) in [5, 5.41) is 0. The van der Waals surface area contributed by atoms with Gasteiger partial charge < -0.3 is 18.5 Å². The predicted octanol–water partition coefficient (Wildman–Crippen LogP) is 6.14. The van der Waals surface area contributed by atoms with Gasteiger partial charge in [0, 0.05) is 12.1 Å². The molecule has 6 heteroatoms. The van der Waals surface area contributed by atoms with Crippen molar-refractivity contribution < 1.29 is 13.6 Å². The molecule has 0 aromatic heterocycles. The summed E-state index contributed by atoms with van der Waals surface area (Å²) in [5.74, 6) is 1.69. The molecule has 0 aliphatic rings. The van der Waals surface area contributed by atoms with Crippen LogP contribution >= 0.6 is 0 Å². The van der Waals surface area contributed by atoms with Gasteiger partial charge in [-0.1, -0.05) is 17.7 Å². The number of allylic oxidation sites excluding steroid dienone is 1. The van der Waals surface area contributed by atoms with Crippen LogP contribution in [-0.4, -0.2) is 42.7 Å². The van der Waals surface area contributed by atoms with Gasteiger partial charge in [0.2, 0.25) is 8.32 Å². The Bertz CT molecular complexity index is 697. The van der Waals surface area contributed by atoms with Crippen LogP contribution in [0.15, 0.2) is 17.7 Å². The first-order valence-electron chi connectivity index (χ1n) is 10.0. The van der Waals surface area contributed by atoms with Crippen molar-refractivity contribution >= 4 is 16.6 Å². The van der Waals surface area contributed by atoms with Crippen molar-refractivity contribution in [3.63, 3.8) is 0 Å². The first-order chi connectivity index (χ1) is 12.6. The SMILES string of the molecule is COc1c(O[Si](C)(C)C)c(C)cc(CN(C)C)c1C(C=C(C)C)O[Si](C)(C)C. The molecule has 0 spiro atoms. The lowest BCUT2D eigenvalue weighted by Crippen LogP contribution is -2.31. The van der Waals surface area contributed by atoms with Gasteiger partial charge in [-0.25, -0.2) is 0 Å². The maximum absolute atomic E-state index is 6.64. The lowest BCUT2D eigenvalue weighted by Gasteiger charge is -2.31. The summed E-state index contributed by atoms with van der Waals surface area (Å²) in [6, 6.07) is 2.24. The minimum absolute atomic E-state index is 0.147. The van der Waals surface area contributed by atoms with Crippen LogP contribution in [0.3, 0.4) is 0 Å². The standard InChI is InChI=1S/C22H41NO3Si2/c1-16(2)13-19(25-27(7,8)9)20-18(15-23(4)5)14-17(3)21(22(20)24-6)26-28(10,11)12/h13-14,19H,15H2,1-12H3. The van der Waals surface area contributed by atoms with E-state index in [1.165, 1.54) is 11.1 Å². The van der Waals surface area contributed by atoms with Gasteiger partial charge in [-0.3, -0.25) is 0 Å². The largest absolute Gasteiger partial charge is 0.542 e. The molecule has 1 aromatic carbocycles. The molecule has 0 amide bonds. The molecule has 160 valence electrons. The molecule has 28 heavy (non-hydrogen) atoms. The van der Waals surface area contributed by atoms with Crippen LogP contribution in [0.4, 0.5) is 0 Å². The second-order valence-electron chi connectivity index (χ2n) is 9.98. The number of hydrogen-bond donors (Lipinski definition) is 0. The van der Waals surface area contributed by atoms with E-state index in [9.17, 15) is 0 Å². The molecule has 4 nitrogen and oxygen atoms in total. The van der Waals surface area contributed by atoms with Crippen molar-refractivity contribution in [1.82, 2.24) is 4.90 Å². The van der Waals surface area contributed by atoms with Gasteiger partial charge in [0.25, 0.3) is 0 Å². The molecule has 0 fully saturated rings. The Kier molecular flexibility index (Phi) is 8.56. The van der Waals surface area contributed by atoms with Crippen molar-refractivity contribution in [1.29, 1.82) is 0 Å². The zero-order valence-electron chi connectivity index (χ0n) is 20.1. The summed E-state index contributed by atoms with van der Waals surface area (Å²) in [5.41, 5.74) is 4.67. The summed E-state index contributed by atoms with van der Waals surface area (Å²) in [7, 11) is 2.33.